The Hall–Kier alpha value is -3.19. The molecule has 2 atom stereocenters. The highest BCUT2D eigenvalue weighted by Gasteiger charge is 2.45. The number of hydrogen-bond acceptors (Lipinski definition) is 5. The Morgan fingerprint density at radius 3 is 2.59 bits per heavy atom. The average Bonchev–Trinajstić information content (AvgIpc) is 3.16. The molecule has 3 amide bonds. The van der Waals surface area contributed by atoms with E-state index in [-0.39, 0.29) is 35.3 Å². The fourth-order valence-electron chi connectivity index (χ4n) is 6.06. The van der Waals surface area contributed by atoms with Crippen LogP contribution < -0.4 is 4.90 Å². The molecular weight excluding hydrogens is 466 g/mol. The topological polar surface area (TPSA) is 70.2 Å². The molecule has 0 spiro atoms. The molecule has 0 aromatic heterocycles. The highest BCUT2D eigenvalue weighted by molar-refractivity contribution is 6.24. The molecule has 2 fully saturated rings. The number of benzene rings is 2. The Balaban J connectivity index is 1.30. The third-order valence-corrected chi connectivity index (χ3v) is 8.03. The molecule has 0 unspecified atom stereocenters. The van der Waals surface area contributed by atoms with Gasteiger partial charge in [0.15, 0.2) is 0 Å². The molecule has 2 aromatic carbocycles. The van der Waals surface area contributed by atoms with Crippen LogP contribution in [0.2, 0.25) is 0 Å². The number of hydrogen-bond donors (Lipinski definition) is 0. The summed E-state index contributed by atoms with van der Waals surface area (Å²) in [7, 11) is 1.87. The van der Waals surface area contributed by atoms with Crippen molar-refractivity contribution in [3.63, 3.8) is 0 Å². The summed E-state index contributed by atoms with van der Waals surface area (Å²) in [6, 6.07) is 15.6. The number of nitrogens with zero attached hydrogens (tertiary/aromatic N) is 3. The fraction of sp³-hybridized carbons (Fsp3) is 0.500. The van der Waals surface area contributed by atoms with Crippen molar-refractivity contribution >= 4 is 23.4 Å². The number of amides is 3. The van der Waals surface area contributed by atoms with Crippen molar-refractivity contribution in [2.75, 3.05) is 38.2 Å². The second-order valence-corrected chi connectivity index (χ2v) is 11.2. The standard InChI is InChI=1S/C30H37N3O4/c1-30(2)19-23(15-18-37-30)33-28(35)24-12-7-13-25(26(24)29(33)36)32-16-8-11-22(20-32)27(34)31(3)17-14-21-9-5-4-6-10-21/h4-7,9-10,12-13,22-23H,8,11,14-20H2,1-3H3/t22-,23+/m0/s1. The molecule has 5 rings (SSSR count). The first-order valence-electron chi connectivity index (χ1n) is 13.4. The van der Waals surface area contributed by atoms with Crippen LogP contribution >= 0.6 is 0 Å². The van der Waals surface area contributed by atoms with E-state index in [1.807, 2.05) is 56.1 Å². The molecule has 2 saturated heterocycles. The van der Waals surface area contributed by atoms with Crippen molar-refractivity contribution in [1.82, 2.24) is 9.80 Å². The van der Waals surface area contributed by atoms with Gasteiger partial charge < -0.3 is 14.5 Å². The van der Waals surface area contributed by atoms with E-state index in [0.717, 1.165) is 31.5 Å². The van der Waals surface area contributed by atoms with Crippen molar-refractivity contribution in [3.8, 4) is 0 Å². The van der Waals surface area contributed by atoms with Crippen LogP contribution in [-0.2, 0) is 16.0 Å². The quantitative estimate of drug-likeness (QED) is 0.554. The third-order valence-electron chi connectivity index (χ3n) is 8.03. The molecule has 0 saturated carbocycles. The van der Waals surface area contributed by atoms with E-state index in [1.165, 1.54) is 10.5 Å². The van der Waals surface area contributed by atoms with Crippen LogP contribution in [0, 0.1) is 5.92 Å². The number of carbonyl (C=O) groups is 3. The highest BCUT2D eigenvalue weighted by atomic mass is 16.5. The predicted molar refractivity (Wildman–Crippen MR) is 143 cm³/mol. The summed E-state index contributed by atoms with van der Waals surface area (Å²) in [5, 5.41) is 0. The lowest BCUT2D eigenvalue weighted by Crippen LogP contribution is -2.48. The predicted octanol–water partition coefficient (Wildman–Crippen LogP) is 4.16. The van der Waals surface area contributed by atoms with Crippen LogP contribution in [0.5, 0.6) is 0 Å². The monoisotopic (exact) mass is 503 g/mol. The largest absolute Gasteiger partial charge is 0.375 e. The van der Waals surface area contributed by atoms with Gasteiger partial charge in [-0.25, -0.2) is 0 Å². The van der Waals surface area contributed by atoms with E-state index >= 15 is 0 Å². The number of piperidine rings is 1. The summed E-state index contributed by atoms with van der Waals surface area (Å²) >= 11 is 0. The number of carbonyl (C=O) groups excluding carboxylic acids is 3. The minimum atomic E-state index is -0.367. The zero-order chi connectivity index (χ0) is 26.2. The molecule has 0 bridgehead atoms. The van der Waals surface area contributed by atoms with Crippen molar-refractivity contribution in [1.29, 1.82) is 0 Å². The molecule has 3 heterocycles. The zero-order valence-corrected chi connectivity index (χ0v) is 22.1. The summed E-state index contributed by atoms with van der Waals surface area (Å²) in [6.07, 6.45) is 3.80. The van der Waals surface area contributed by atoms with Crippen LogP contribution in [0.15, 0.2) is 48.5 Å². The molecule has 196 valence electrons. The van der Waals surface area contributed by atoms with Gasteiger partial charge in [0.05, 0.1) is 28.3 Å². The van der Waals surface area contributed by atoms with Gasteiger partial charge in [-0.15, -0.1) is 0 Å². The van der Waals surface area contributed by atoms with Gasteiger partial charge in [-0.1, -0.05) is 36.4 Å². The van der Waals surface area contributed by atoms with Crippen LogP contribution in [0.4, 0.5) is 5.69 Å². The summed E-state index contributed by atoms with van der Waals surface area (Å²) in [6.45, 7) is 6.53. The number of likely N-dealkylation sites (N-methyl/N-ethyl adjacent to an activating group) is 1. The maximum absolute atomic E-state index is 13.7. The van der Waals surface area contributed by atoms with Gasteiger partial charge in [-0.3, -0.25) is 19.3 Å². The SMILES string of the molecule is CN(CCc1ccccc1)C(=O)[C@H]1CCCN(c2cccc3c2C(=O)N([C@@H]2CCOC(C)(C)C2)C3=O)C1. The second-order valence-electron chi connectivity index (χ2n) is 11.2. The van der Waals surface area contributed by atoms with Crippen molar-refractivity contribution in [2.45, 2.75) is 57.6 Å². The normalized spacial score (nSPS) is 23.2. The van der Waals surface area contributed by atoms with Crippen molar-refractivity contribution in [3.05, 3.63) is 65.2 Å². The Morgan fingerprint density at radius 1 is 1.05 bits per heavy atom. The average molecular weight is 504 g/mol. The molecule has 7 heteroatoms. The minimum Gasteiger partial charge on any atom is -0.375 e. The number of rotatable bonds is 6. The summed E-state index contributed by atoms with van der Waals surface area (Å²) in [5.41, 5.74) is 2.58. The fourth-order valence-corrected chi connectivity index (χ4v) is 6.06. The second kappa shape index (κ2) is 10.3. The van der Waals surface area contributed by atoms with Gasteiger partial charge >= 0.3 is 0 Å². The number of imide groups is 1. The van der Waals surface area contributed by atoms with E-state index in [2.05, 4.69) is 17.0 Å². The van der Waals surface area contributed by atoms with Gasteiger partial charge in [0, 0.05) is 39.3 Å². The van der Waals surface area contributed by atoms with E-state index < -0.39 is 0 Å². The first-order chi connectivity index (χ1) is 17.7. The molecule has 0 N–H and O–H groups in total. The minimum absolute atomic E-state index is 0.134. The van der Waals surface area contributed by atoms with Crippen LogP contribution in [0.1, 0.15) is 65.8 Å². The molecule has 0 aliphatic carbocycles. The molecule has 0 radical (unpaired) electrons. The first-order valence-corrected chi connectivity index (χ1v) is 13.4. The molecule has 7 nitrogen and oxygen atoms in total. The molecule has 3 aliphatic rings. The van der Waals surface area contributed by atoms with E-state index in [4.69, 9.17) is 4.74 Å². The number of fused-ring (bicyclic) bond motifs is 1. The number of anilines is 1. The smallest absolute Gasteiger partial charge is 0.263 e. The summed E-state index contributed by atoms with van der Waals surface area (Å²) in [4.78, 5) is 45.8. The zero-order valence-electron chi connectivity index (χ0n) is 22.1. The van der Waals surface area contributed by atoms with Crippen LogP contribution in [0.25, 0.3) is 0 Å². The Morgan fingerprint density at radius 2 is 1.84 bits per heavy atom. The van der Waals surface area contributed by atoms with E-state index in [1.54, 1.807) is 6.07 Å². The molecule has 3 aliphatic heterocycles. The Labute approximate surface area is 219 Å². The third kappa shape index (κ3) is 5.14. The lowest BCUT2D eigenvalue weighted by atomic mass is 9.93. The van der Waals surface area contributed by atoms with Gasteiger partial charge in [0.25, 0.3) is 11.8 Å². The molecular formula is C30H37N3O4. The molecule has 2 aromatic rings. The first kappa shape index (κ1) is 25.5. The maximum Gasteiger partial charge on any atom is 0.263 e. The van der Waals surface area contributed by atoms with Gasteiger partial charge in [0.2, 0.25) is 5.91 Å². The lowest BCUT2D eigenvalue weighted by molar-refractivity contribution is -0.134. The van der Waals surface area contributed by atoms with Crippen LogP contribution in [0.3, 0.4) is 0 Å². The van der Waals surface area contributed by atoms with Gasteiger partial charge in [-0.05, 0) is 63.6 Å². The van der Waals surface area contributed by atoms with Gasteiger partial charge in [-0.2, -0.15) is 0 Å². The van der Waals surface area contributed by atoms with E-state index in [9.17, 15) is 14.4 Å². The van der Waals surface area contributed by atoms with E-state index in [0.29, 0.717) is 43.7 Å². The van der Waals surface area contributed by atoms with Gasteiger partial charge in [0.1, 0.15) is 0 Å². The highest BCUT2D eigenvalue weighted by Crippen LogP contribution is 2.38. The lowest BCUT2D eigenvalue weighted by Gasteiger charge is -2.39. The Kier molecular flexibility index (Phi) is 7.08. The van der Waals surface area contributed by atoms with Crippen LogP contribution in [-0.4, -0.2) is 72.5 Å². The van der Waals surface area contributed by atoms with Crippen molar-refractivity contribution in [2.24, 2.45) is 5.92 Å². The van der Waals surface area contributed by atoms with Crippen molar-refractivity contribution < 1.29 is 19.1 Å². The Bertz CT molecular complexity index is 1180. The summed E-state index contributed by atoms with van der Waals surface area (Å²) in [5.74, 6) is -0.423. The number of ether oxygens (including phenoxy) is 1. The summed E-state index contributed by atoms with van der Waals surface area (Å²) < 4.78 is 5.82. The molecule has 37 heavy (non-hydrogen) atoms. The maximum atomic E-state index is 13.7.